The van der Waals surface area contributed by atoms with Crippen LogP contribution in [-0.4, -0.2) is 37.0 Å². The molecule has 100 valence electrons. The van der Waals surface area contributed by atoms with Crippen molar-refractivity contribution in [2.45, 2.75) is 18.7 Å². The fourth-order valence-corrected chi connectivity index (χ4v) is 2.01. The highest BCUT2D eigenvalue weighted by atomic mass is 19.4. The molecule has 1 unspecified atom stereocenters. The summed E-state index contributed by atoms with van der Waals surface area (Å²) >= 11 is 0. The summed E-state index contributed by atoms with van der Waals surface area (Å²) in [6.07, 6.45) is -6.16. The maximum absolute atomic E-state index is 12.4. The third kappa shape index (κ3) is 2.87. The number of nitrogens with zero attached hydrogens (tertiary/aromatic N) is 1. The van der Waals surface area contributed by atoms with Gasteiger partial charge in [0.05, 0.1) is 17.9 Å². The molecule has 3 nitrogen and oxygen atoms in total. The Morgan fingerprint density at radius 3 is 2.78 bits per heavy atom. The van der Waals surface area contributed by atoms with Crippen LogP contribution in [0.3, 0.4) is 0 Å². The van der Waals surface area contributed by atoms with E-state index < -0.39 is 18.8 Å². The van der Waals surface area contributed by atoms with Crippen LogP contribution in [0.15, 0.2) is 24.3 Å². The minimum absolute atomic E-state index is 0.428. The number of β-amino-alcohol motifs (C(OH)–C–C–N with tert-alkyl or cyclic N) is 1. The first kappa shape index (κ1) is 13.0. The lowest BCUT2D eigenvalue weighted by atomic mass is 10.2. The number of hydrogen-bond donors (Lipinski definition) is 2. The molecule has 1 atom stereocenters. The highest BCUT2D eigenvalue weighted by Crippen LogP contribution is 2.30. The molecule has 1 aliphatic heterocycles. The predicted octanol–water partition coefficient (Wildman–Crippen LogP) is 2.23. The number of fused-ring (bicyclic) bond motifs is 1. The number of alkyl halides is 3. The van der Waals surface area contributed by atoms with E-state index in [9.17, 15) is 13.2 Å². The number of hydrogen-bond acceptors (Lipinski definition) is 3. The molecule has 0 aliphatic carbocycles. The first-order valence-corrected chi connectivity index (χ1v) is 5.81. The van der Waals surface area contributed by atoms with E-state index in [0.717, 1.165) is 18.7 Å². The van der Waals surface area contributed by atoms with Crippen LogP contribution in [0, 0.1) is 0 Å². The van der Waals surface area contributed by atoms with Crippen LogP contribution in [0.25, 0.3) is 0 Å². The van der Waals surface area contributed by atoms with Crippen molar-refractivity contribution in [1.82, 2.24) is 0 Å². The number of benzene rings is 1. The van der Waals surface area contributed by atoms with Crippen LogP contribution in [0.4, 0.5) is 24.5 Å². The molecule has 1 aliphatic rings. The van der Waals surface area contributed by atoms with Gasteiger partial charge in [0, 0.05) is 13.1 Å². The van der Waals surface area contributed by atoms with Crippen LogP contribution in [0.5, 0.6) is 0 Å². The summed E-state index contributed by atoms with van der Waals surface area (Å²) in [5.41, 5.74) is 1.52. The van der Waals surface area contributed by atoms with E-state index in [4.69, 9.17) is 5.11 Å². The molecule has 0 amide bonds. The highest BCUT2D eigenvalue weighted by molar-refractivity contribution is 5.70. The third-order valence-electron chi connectivity index (χ3n) is 2.94. The van der Waals surface area contributed by atoms with Gasteiger partial charge < -0.3 is 15.3 Å². The summed E-state index contributed by atoms with van der Waals surface area (Å²) in [6.45, 7) is 0.787. The maximum Gasteiger partial charge on any atom is 0.416 e. The zero-order valence-corrected chi connectivity index (χ0v) is 9.74. The van der Waals surface area contributed by atoms with E-state index in [1.165, 1.54) is 0 Å². The number of nitrogens with one attached hydrogen (secondary N) is 1. The number of rotatable bonds is 2. The Balaban J connectivity index is 2.18. The quantitative estimate of drug-likeness (QED) is 0.856. The standard InChI is InChI=1S/C12H15F3N2O/c13-12(14,15)11(18)8-17-7-3-6-16-9-4-1-2-5-10(9)17/h1-2,4-5,11,16,18H,3,6-8H2. The molecule has 18 heavy (non-hydrogen) atoms. The summed E-state index contributed by atoms with van der Waals surface area (Å²) in [5, 5.41) is 12.3. The normalized spacial score (nSPS) is 17.7. The van der Waals surface area contributed by atoms with E-state index in [1.54, 1.807) is 17.0 Å². The number of aliphatic hydroxyl groups excluding tert-OH is 1. The van der Waals surface area contributed by atoms with Gasteiger partial charge in [0.25, 0.3) is 0 Å². The predicted molar refractivity (Wildman–Crippen MR) is 63.8 cm³/mol. The van der Waals surface area contributed by atoms with Crippen molar-refractivity contribution >= 4 is 11.4 Å². The van der Waals surface area contributed by atoms with Gasteiger partial charge in [-0.15, -0.1) is 0 Å². The Bertz CT molecular complexity index is 409. The van der Waals surface area contributed by atoms with E-state index in [-0.39, 0.29) is 0 Å². The average Bonchev–Trinajstić information content (AvgIpc) is 2.51. The van der Waals surface area contributed by atoms with Crippen molar-refractivity contribution in [3.8, 4) is 0 Å². The monoisotopic (exact) mass is 260 g/mol. The molecule has 0 radical (unpaired) electrons. The Hall–Kier alpha value is -1.43. The lowest BCUT2D eigenvalue weighted by Crippen LogP contribution is -2.41. The Labute approximate surface area is 103 Å². The van der Waals surface area contributed by atoms with Gasteiger partial charge in [0.1, 0.15) is 0 Å². The molecule has 0 aromatic heterocycles. The van der Waals surface area contributed by atoms with Gasteiger partial charge in [-0.05, 0) is 18.6 Å². The number of para-hydroxylation sites is 2. The van der Waals surface area contributed by atoms with Gasteiger partial charge in [0.15, 0.2) is 6.10 Å². The van der Waals surface area contributed by atoms with Crippen molar-refractivity contribution in [3.63, 3.8) is 0 Å². The summed E-state index contributed by atoms with van der Waals surface area (Å²) < 4.78 is 37.2. The molecule has 1 heterocycles. The van der Waals surface area contributed by atoms with Crippen LogP contribution >= 0.6 is 0 Å². The van der Waals surface area contributed by atoms with Gasteiger partial charge in [-0.25, -0.2) is 0 Å². The summed E-state index contributed by atoms with van der Waals surface area (Å²) in [4.78, 5) is 1.58. The molecule has 0 fully saturated rings. The second-order valence-corrected chi connectivity index (χ2v) is 4.30. The Morgan fingerprint density at radius 1 is 1.33 bits per heavy atom. The van der Waals surface area contributed by atoms with E-state index >= 15 is 0 Å². The van der Waals surface area contributed by atoms with E-state index in [2.05, 4.69) is 5.32 Å². The second-order valence-electron chi connectivity index (χ2n) is 4.30. The fourth-order valence-electron chi connectivity index (χ4n) is 2.01. The third-order valence-corrected chi connectivity index (χ3v) is 2.94. The van der Waals surface area contributed by atoms with Gasteiger partial charge in [-0.2, -0.15) is 13.2 Å². The topological polar surface area (TPSA) is 35.5 Å². The molecule has 0 spiro atoms. The molecule has 6 heteroatoms. The summed E-state index contributed by atoms with van der Waals surface area (Å²) in [5.74, 6) is 0. The molecule has 2 rings (SSSR count). The lowest BCUT2D eigenvalue weighted by molar-refractivity contribution is -0.200. The number of halogens is 3. The molecule has 2 N–H and O–H groups in total. The zero-order chi connectivity index (χ0) is 13.2. The van der Waals surface area contributed by atoms with Gasteiger partial charge >= 0.3 is 6.18 Å². The number of anilines is 2. The molecular weight excluding hydrogens is 245 g/mol. The minimum atomic E-state index is -4.57. The van der Waals surface area contributed by atoms with Crippen LogP contribution in [0.2, 0.25) is 0 Å². The van der Waals surface area contributed by atoms with Crippen molar-refractivity contribution in [3.05, 3.63) is 24.3 Å². The van der Waals surface area contributed by atoms with E-state index in [1.807, 2.05) is 12.1 Å². The second kappa shape index (κ2) is 5.06. The van der Waals surface area contributed by atoms with Crippen LogP contribution in [-0.2, 0) is 0 Å². The van der Waals surface area contributed by atoms with Crippen molar-refractivity contribution in [2.75, 3.05) is 29.9 Å². The highest BCUT2D eigenvalue weighted by Gasteiger charge is 2.39. The molecule has 0 saturated carbocycles. The first-order valence-electron chi connectivity index (χ1n) is 5.81. The van der Waals surface area contributed by atoms with Crippen molar-refractivity contribution in [2.24, 2.45) is 0 Å². The van der Waals surface area contributed by atoms with Gasteiger partial charge in [-0.1, -0.05) is 12.1 Å². The van der Waals surface area contributed by atoms with Gasteiger partial charge in [-0.3, -0.25) is 0 Å². The number of aliphatic hydroxyl groups is 1. The van der Waals surface area contributed by atoms with E-state index in [0.29, 0.717) is 12.2 Å². The molecule has 1 aromatic carbocycles. The van der Waals surface area contributed by atoms with Crippen molar-refractivity contribution in [1.29, 1.82) is 0 Å². The Kier molecular flexibility index (Phi) is 3.65. The smallest absolute Gasteiger partial charge is 0.383 e. The maximum atomic E-state index is 12.4. The molecule has 0 bridgehead atoms. The SMILES string of the molecule is OC(CN1CCCNc2ccccc21)C(F)(F)F. The molecule has 0 saturated heterocycles. The Morgan fingerprint density at radius 2 is 2.06 bits per heavy atom. The van der Waals surface area contributed by atoms with Gasteiger partial charge in [0.2, 0.25) is 0 Å². The summed E-state index contributed by atoms with van der Waals surface area (Å²) in [6, 6.07) is 7.19. The van der Waals surface area contributed by atoms with Crippen LogP contribution in [0.1, 0.15) is 6.42 Å². The average molecular weight is 260 g/mol. The first-order chi connectivity index (χ1) is 8.48. The van der Waals surface area contributed by atoms with Crippen molar-refractivity contribution < 1.29 is 18.3 Å². The minimum Gasteiger partial charge on any atom is -0.383 e. The molecule has 1 aromatic rings. The summed E-state index contributed by atoms with van der Waals surface area (Å²) in [7, 11) is 0. The zero-order valence-electron chi connectivity index (χ0n) is 9.74. The van der Waals surface area contributed by atoms with Crippen LogP contribution < -0.4 is 10.2 Å². The molecular formula is C12H15F3N2O. The largest absolute Gasteiger partial charge is 0.416 e. The lowest BCUT2D eigenvalue weighted by Gasteiger charge is -2.27. The fraction of sp³-hybridized carbons (Fsp3) is 0.500.